The van der Waals surface area contributed by atoms with Gasteiger partial charge in [0, 0.05) is 29.3 Å². The first-order chi connectivity index (χ1) is 14.1. The van der Waals surface area contributed by atoms with E-state index in [1.165, 1.54) is 7.11 Å². The van der Waals surface area contributed by atoms with E-state index in [-0.39, 0.29) is 18.4 Å². The molecule has 2 aromatic carbocycles. The van der Waals surface area contributed by atoms with E-state index in [2.05, 4.69) is 20.4 Å². The van der Waals surface area contributed by atoms with Crippen LogP contribution in [0.5, 0.6) is 11.5 Å². The lowest BCUT2D eigenvalue weighted by Crippen LogP contribution is -2.14. The molecular formula is C21H17N3O5. The lowest BCUT2D eigenvalue weighted by molar-refractivity contribution is 0.0600. The van der Waals surface area contributed by atoms with E-state index in [1.807, 2.05) is 18.2 Å². The van der Waals surface area contributed by atoms with Crippen molar-refractivity contribution in [2.24, 2.45) is 0 Å². The van der Waals surface area contributed by atoms with E-state index in [4.69, 9.17) is 9.47 Å². The normalized spacial score (nSPS) is 11.6. The third kappa shape index (κ3) is 4.11. The molecule has 8 nitrogen and oxygen atoms in total. The molecule has 0 unspecified atom stereocenters. The Hall–Kier alpha value is -4.07. The van der Waals surface area contributed by atoms with Crippen molar-refractivity contribution in [1.82, 2.24) is 4.98 Å². The van der Waals surface area contributed by atoms with Crippen molar-refractivity contribution in [3.63, 3.8) is 0 Å². The van der Waals surface area contributed by atoms with Crippen LogP contribution < -0.4 is 20.1 Å². The van der Waals surface area contributed by atoms with Crippen LogP contribution in [0.2, 0.25) is 0 Å². The number of carbonyl (C=O) groups is 2. The van der Waals surface area contributed by atoms with Gasteiger partial charge in [0.15, 0.2) is 11.5 Å². The number of carbonyl (C=O) groups excluding carboxylic acids is 2. The van der Waals surface area contributed by atoms with Crippen molar-refractivity contribution in [3.8, 4) is 11.5 Å². The van der Waals surface area contributed by atoms with Crippen LogP contribution >= 0.6 is 0 Å². The Morgan fingerprint density at radius 2 is 1.66 bits per heavy atom. The largest absolute Gasteiger partial charge is 0.465 e. The fourth-order valence-corrected chi connectivity index (χ4v) is 2.78. The summed E-state index contributed by atoms with van der Waals surface area (Å²) in [6, 6.07) is 15.3. The number of rotatable bonds is 5. The Morgan fingerprint density at radius 1 is 0.931 bits per heavy atom. The maximum absolute atomic E-state index is 12.5. The average molecular weight is 391 g/mol. The number of anilines is 3. The summed E-state index contributed by atoms with van der Waals surface area (Å²) >= 11 is 0. The molecule has 1 aliphatic rings. The van der Waals surface area contributed by atoms with Crippen molar-refractivity contribution < 1.29 is 23.8 Å². The smallest absolute Gasteiger partial charge is 0.337 e. The molecule has 0 bridgehead atoms. The summed E-state index contributed by atoms with van der Waals surface area (Å²) in [5.74, 6) is 0.554. The van der Waals surface area contributed by atoms with Crippen LogP contribution in [-0.4, -0.2) is 30.8 Å². The molecule has 3 aromatic rings. The molecule has 0 saturated heterocycles. The van der Waals surface area contributed by atoms with E-state index < -0.39 is 5.97 Å². The van der Waals surface area contributed by atoms with Gasteiger partial charge in [0.05, 0.1) is 12.7 Å². The Morgan fingerprint density at radius 3 is 2.45 bits per heavy atom. The summed E-state index contributed by atoms with van der Waals surface area (Å²) in [7, 11) is 1.31. The minimum Gasteiger partial charge on any atom is -0.465 e. The minimum atomic E-state index is -0.438. The second-order valence-electron chi connectivity index (χ2n) is 6.15. The number of hydrogen-bond acceptors (Lipinski definition) is 7. The Balaban J connectivity index is 1.45. The van der Waals surface area contributed by atoms with Crippen molar-refractivity contribution in [2.45, 2.75) is 0 Å². The summed E-state index contributed by atoms with van der Waals surface area (Å²) in [5, 5.41) is 5.96. The van der Waals surface area contributed by atoms with Gasteiger partial charge in [-0.2, -0.15) is 0 Å². The molecule has 0 aliphatic carbocycles. The number of nitrogens with one attached hydrogen (secondary N) is 2. The lowest BCUT2D eigenvalue weighted by atomic mass is 10.2. The maximum atomic E-state index is 12.5. The first-order valence-electron chi connectivity index (χ1n) is 8.75. The van der Waals surface area contributed by atoms with E-state index in [9.17, 15) is 9.59 Å². The van der Waals surface area contributed by atoms with Gasteiger partial charge in [-0.05, 0) is 48.5 Å². The maximum Gasteiger partial charge on any atom is 0.337 e. The third-order valence-electron chi connectivity index (χ3n) is 4.22. The number of fused-ring (bicyclic) bond motifs is 1. The molecule has 2 heterocycles. The molecule has 4 rings (SSSR count). The number of aromatic nitrogens is 1. The zero-order chi connectivity index (χ0) is 20.2. The van der Waals surface area contributed by atoms with Crippen LogP contribution in [0.3, 0.4) is 0 Å². The first-order valence-corrected chi connectivity index (χ1v) is 8.75. The zero-order valence-electron chi connectivity index (χ0n) is 15.5. The number of hydrogen-bond donors (Lipinski definition) is 2. The van der Waals surface area contributed by atoms with Gasteiger partial charge in [0.2, 0.25) is 6.79 Å². The van der Waals surface area contributed by atoms with Gasteiger partial charge in [-0.15, -0.1) is 0 Å². The molecule has 0 spiro atoms. The fraction of sp³-hybridized carbons (Fsp3) is 0.0952. The van der Waals surface area contributed by atoms with Crippen molar-refractivity contribution in [1.29, 1.82) is 0 Å². The first kappa shape index (κ1) is 18.3. The second-order valence-corrected chi connectivity index (χ2v) is 6.15. The number of pyridine rings is 1. The molecule has 0 radical (unpaired) electrons. The predicted octanol–water partition coefficient (Wildman–Crippen LogP) is 3.59. The second kappa shape index (κ2) is 7.89. The molecule has 1 amide bonds. The third-order valence-corrected chi connectivity index (χ3v) is 4.22. The number of benzene rings is 2. The Labute approximate surface area is 166 Å². The van der Waals surface area contributed by atoms with Gasteiger partial charge in [-0.3, -0.25) is 9.78 Å². The van der Waals surface area contributed by atoms with Crippen LogP contribution in [-0.2, 0) is 4.74 Å². The average Bonchev–Trinajstić information content (AvgIpc) is 3.22. The summed E-state index contributed by atoms with van der Waals surface area (Å²) in [5.41, 5.74) is 2.68. The van der Waals surface area contributed by atoms with Crippen LogP contribution in [0.4, 0.5) is 17.1 Å². The van der Waals surface area contributed by atoms with Gasteiger partial charge in [0.1, 0.15) is 5.69 Å². The molecule has 8 heteroatoms. The van der Waals surface area contributed by atoms with Crippen LogP contribution in [0.15, 0.2) is 60.8 Å². The molecular weight excluding hydrogens is 374 g/mol. The fourth-order valence-electron chi connectivity index (χ4n) is 2.78. The van der Waals surface area contributed by atoms with Crippen LogP contribution in [0.25, 0.3) is 0 Å². The molecule has 1 aliphatic heterocycles. The van der Waals surface area contributed by atoms with Crippen molar-refractivity contribution in [2.75, 3.05) is 24.5 Å². The quantitative estimate of drug-likeness (QED) is 0.641. The highest BCUT2D eigenvalue weighted by atomic mass is 16.7. The topological polar surface area (TPSA) is 98.8 Å². The van der Waals surface area contributed by atoms with Gasteiger partial charge in [0.25, 0.3) is 5.91 Å². The van der Waals surface area contributed by atoms with Crippen molar-refractivity contribution >= 4 is 28.9 Å². The summed E-state index contributed by atoms with van der Waals surface area (Å²) in [4.78, 5) is 28.1. The SMILES string of the molecule is COC(=O)c1ccc(NC(=O)c2cc(Nc3ccc4c(c3)OCO4)ccn2)cc1. The highest BCUT2D eigenvalue weighted by Gasteiger charge is 2.14. The van der Waals surface area contributed by atoms with Gasteiger partial charge >= 0.3 is 5.97 Å². The molecule has 2 N–H and O–H groups in total. The molecule has 1 aromatic heterocycles. The van der Waals surface area contributed by atoms with E-state index in [0.717, 1.165) is 5.69 Å². The number of ether oxygens (including phenoxy) is 3. The standard InChI is InChI=1S/C21H17N3O5/c1-27-21(26)13-2-4-14(5-3-13)24-20(25)17-10-16(8-9-22-17)23-15-6-7-18-19(11-15)29-12-28-18/h2-11H,12H2,1H3,(H,22,23)(H,24,25). The summed E-state index contributed by atoms with van der Waals surface area (Å²) in [6.07, 6.45) is 1.55. The van der Waals surface area contributed by atoms with E-state index in [1.54, 1.807) is 42.6 Å². The number of nitrogens with zero attached hydrogens (tertiary/aromatic N) is 1. The molecule has 0 atom stereocenters. The van der Waals surface area contributed by atoms with Crippen LogP contribution in [0, 0.1) is 0 Å². The van der Waals surface area contributed by atoms with Gasteiger partial charge in [-0.25, -0.2) is 4.79 Å². The molecule has 29 heavy (non-hydrogen) atoms. The van der Waals surface area contributed by atoms with E-state index >= 15 is 0 Å². The molecule has 0 saturated carbocycles. The van der Waals surface area contributed by atoms with Gasteiger partial charge in [-0.1, -0.05) is 0 Å². The van der Waals surface area contributed by atoms with Gasteiger partial charge < -0.3 is 24.8 Å². The highest BCUT2D eigenvalue weighted by Crippen LogP contribution is 2.35. The molecule has 0 fully saturated rings. The number of amides is 1. The Kier molecular flexibility index (Phi) is 4.98. The number of methoxy groups -OCH3 is 1. The summed E-state index contributed by atoms with van der Waals surface area (Å²) in [6.45, 7) is 0.207. The minimum absolute atomic E-state index is 0.207. The zero-order valence-corrected chi connectivity index (χ0v) is 15.5. The summed E-state index contributed by atoms with van der Waals surface area (Å²) < 4.78 is 15.3. The predicted molar refractivity (Wildman–Crippen MR) is 106 cm³/mol. The number of esters is 1. The molecule has 146 valence electrons. The lowest BCUT2D eigenvalue weighted by Gasteiger charge is -2.09. The highest BCUT2D eigenvalue weighted by molar-refractivity contribution is 6.03. The van der Waals surface area contributed by atoms with E-state index in [0.29, 0.717) is 28.4 Å². The monoisotopic (exact) mass is 391 g/mol. The van der Waals surface area contributed by atoms with Crippen LogP contribution in [0.1, 0.15) is 20.8 Å². The Bertz CT molecular complexity index is 1070. The van der Waals surface area contributed by atoms with Crippen molar-refractivity contribution in [3.05, 3.63) is 72.1 Å².